The largest absolute Gasteiger partial charge is 0.481 e. The number of hydrogen-bond acceptors (Lipinski definition) is 4. The predicted octanol–water partition coefficient (Wildman–Crippen LogP) is 0.903. The van der Waals surface area contributed by atoms with Crippen molar-refractivity contribution in [1.29, 1.82) is 0 Å². The average molecular weight is 231 g/mol. The van der Waals surface area contributed by atoms with Gasteiger partial charge in [-0.05, 0) is 12.8 Å². The van der Waals surface area contributed by atoms with Crippen LogP contribution in [-0.2, 0) is 4.79 Å². The van der Waals surface area contributed by atoms with Crippen molar-refractivity contribution < 1.29 is 9.90 Å². The summed E-state index contributed by atoms with van der Waals surface area (Å²) in [6.45, 7) is 2.01. The first-order valence-corrected chi connectivity index (χ1v) is 5.53. The van der Waals surface area contributed by atoms with Crippen LogP contribution in [0.2, 0.25) is 0 Å². The topological polar surface area (TPSA) is 66.3 Å². The number of hydrogen-bond donors (Lipinski definition) is 1. The first-order chi connectivity index (χ1) is 8.25. The highest BCUT2D eigenvalue weighted by Gasteiger charge is 2.13. The number of carboxylic acid groups (broad SMARTS) is 1. The first-order valence-electron chi connectivity index (χ1n) is 5.53. The lowest BCUT2D eigenvalue weighted by Crippen LogP contribution is -2.20. The smallest absolute Gasteiger partial charge is 0.315 e. The van der Waals surface area contributed by atoms with E-state index in [0.29, 0.717) is 5.56 Å². The molecule has 0 atom stereocenters. The van der Waals surface area contributed by atoms with Gasteiger partial charge in [-0.1, -0.05) is 11.8 Å². The Morgan fingerprint density at radius 3 is 2.59 bits per heavy atom. The number of carbonyl (C=O) groups is 1. The highest BCUT2D eigenvalue weighted by Crippen LogP contribution is 2.14. The molecular formula is C12H13N3O2. The van der Waals surface area contributed by atoms with E-state index < -0.39 is 5.97 Å². The number of aliphatic carboxylic acids is 1. The maximum atomic E-state index is 10.3. The van der Waals surface area contributed by atoms with E-state index in [1.165, 1.54) is 12.8 Å². The van der Waals surface area contributed by atoms with E-state index in [9.17, 15) is 4.79 Å². The number of rotatable bonds is 2. The van der Waals surface area contributed by atoms with Crippen molar-refractivity contribution >= 4 is 11.9 Å². The Labute approximate surface area is 99.5 Å². The van der Waals surface area contributed by atoms with Crippen LogP contribution in [-0.4, -0.2) is 34.1 Å². The molecule has 2 rings (SSSR count). The van der Waals surface area contributed by atoms with Gasteiger partial charge in [-0.2, -0.15) is 0 Å². The van der Waals surface area contributed by atoms with Gasteiger partial charge in [0, 0.05) is 25.5 Å². The van der Waals surface area contributed by atoms with Gasteiger partial charge >= 0.3 is 5.97 Å². The van der Waals surface area contributed by atoms with Crippen molar-refractivity contribution in [3.63, 3.8) is 0 Å². The number of carboxylic acids is 1. The lowest BCUT2D eigenvalue weighted by atomic mass is 10.3. The minimum Gasteiger partial charge on any atom is -0.481 e. The zero-order chi connectivity index (χ0) is 12.1. The minimum absolute atomic E-state index is 0.159. The average Bonchev–Trinajstić information content (AvgIpc) is 2.83. The summed E-state index contributed by atoms with van der Waals surface area (Å²) in [4.78, 5) is 20.9. The van der Waals surface area contributed by atoms with Crippen molar-refractivity contribution in [3.05, 3.63) is 18.0 Å². The first kappa shape index (κ1) is 11.4. The third-order valence-corrected chi connectivity index (χ3v) is 2.50. The lowest BCUT2D eigenvalue weighted by molar-refractivity contribution is -0.135. The molecular weight excluding hydrogens is 218 g/mol. The third kappa shape index (κ3) is 3.18. The van der Waals surface area contributed by atoms with Crippen molar-refractivity contribution in [2.75, 3.05) is 18.0 Å². The molecule has 1 aromatic heterocycles. The van der Waals surface area contributed by atoms with E-state index in [0.717, 1.165) is 19.0 Å². The van der Waals surface area contributed by atoms with Gasteiger partial charge in [0.15, 0.2) is 0 Å². The van der Waals surface area contributed by atoms with E-state index in [1.807, 2.05) is 0 Å². The second-order valence-corrected chi connectivity index (χ2v) is 3.84. The van der Waals surface area contributed by atoms with Crippen LogP contribution >= 0.6 is 0 Å². The van der Waals surface area contributed by atoms with Crippen molar-refractivity contribution in [2.24, 2.45) is 0 Å². The molecule has 0 bridgehead atoms. The zero-order valence-electron chi connectivity index (χ0n) is 9.39. The molecule has 88 valence electrons. The molecule has 0 amide bonds. The SMILES string of the molecule is O=C(O)CC#Cc1cnc(N2CCCC2)nc1. The quantitative estimate of drug-likeness (QED) is 0.766. The van der Waals surface area contributed by atoms with Crippen LogP contribution in [0.5, 0.6) is 0 Å². The second kappa shape index (κ2) is 5.30. The molecule has 1 aromatic rings. The molecule has 0 unspecified atom stereocenters. The van der Waals surface area contributed by atoms with Crippen LogP contribution < -0.4 is 4.90 Å². The molecule has 0 aliphatic carbocycles. The Morgan fingerprint density at radius 2 is 2.00 bits per heavy atom. The Bertz CT molecular complexity index is 453. The summed E-state index contributed by atoms with van der Waals surface area (Å²) in [6.07, 6.45) is 5.48. The molecule has 5 nitrogen and oxygen atoms in total. The number of nitrogens with zero attached hydrogens (tertiary/aromatic N) is 3. The summed E-state index contributed by atoms with van der Waals surface area (Å²) in [5, 5.41) is 8.44. The summed E-state index contributed by atoms with van der Waals surface area (Å²) in [5.74, 6) is 5.07. The molecule has 0 saturated carbocycles. The van der Waals surface area contributed by atoms with Gasteiger partial charge in [0.05, 0.1) is 5.56 Å². The summed E-state index contributed by atoms with van der Waals surface area (Å²) >= 11 is 0. The summed E-state index contributed by atoms with van der Waals surface area (Å²) in [6, 6.07) is 0. The Balaban J connectivity index is 2.01. The van der Waals surface area contributed by atoms with Crippen molar-refractivity contribution in [1.82, 2.24) is 9.97 Å². The van der Waals surface area contributed by atoms with Gasteiger partial charge in [0.1, 0.15) is 6.42 Å². The molecule has 1 aliphatic heterocycles. The molecule has 1 fully saturated rings. The second-order valence-electron chi connectivity index (χ2n) is 3.84. The molecule has 0 spiro atoms. The Hall–Kier alpha value is -2.09. The minimum atomic E-state index is -0.924. The normalized spacial score (nSPS) is 14.2. The summed E-state index contributed by atoms with van der Waals surface area (Å²) in [7, 11) is 0. The maximum Gasteiger partial charge on any atom is 0.315 e. The van der Waals surface area contributed by atoms with E-state index in [2.05, 4.69) is 26.7 Å². The fraction of sp³-hybridized carbons (Fsp3) is 0.417. The molecule has 1 N–H and O–H groups in total. The van der Waals surface area contributed by atoms with Crippen LogP contribution in [0, 0.1) is 11.8 Å². The standard InChI is InChI=1S/C12H13N3O2/c16-11(17)5-3-4-10-8-13-12(14-9-10)15-6-1-2-7-15/h8-9H,1-2,5-7H2,(H,16,17). The van der Waals surface area contributed by atoms with Gasteiger partial charge < -0.3 is 10.0 Å². The zero-order valence-corrected chi connectivity index (χ0v) is 9.39. The third-order valence-electron chi connectivity index (χ3n) is 2.50. The predicted molar refractivity (Wildman–Crippen MR) is 62.6 cm³/mol. The lowest BCUT2D eigenvalue weighted by Gasteiger charge is -2.13. The van der Waals surface area contributed by atoms with Gasteiger partial charge in [-0.15, -0.1) is 0 Å². The van der Waals surface area contributed by atoms with Crippen LogP contribution in [0.1, 0.15) is 24.8 Å². The molecule has 5 heteroatoms. The fourth-order valence-corrected chi connectivity index (χ4v) is 1.69. The van der Waals surface area contributed by atoms with E-state index in [-0.39, 0.29) is 6.42 Å². The van der Waals surface area contributed by atoms with Gasteiger partial charge in [0.2, 0.25) is 5.95 Å². The van der Waals surface area contributed by atoms with Gasteiger partial charge in [-0.25, -0.2) is 9.97 Å². The molecule has 0 aromatic carbocycles. The highest BCUT2D eigenvalue weighted by molar-refractivity contribution is 5.70. The van der Waals surface area contributed by atoms with Gasteiger partial charge in [-0.3, -0.25) is 4.79 Å². The maximum absolute atomic E-state index is 10.3. The van der Waals surface area contributed by atoms with Crippen molar-refractivity contribution in [3.8, 4) is 11.8 Å². The molecule has 1 aliphatic rings. The van der Waals surface area contributed by atoms with Crippen molar-refractivity contribution in [2.45, 2.75) is 19.3 Å². The molecule has 17 heavy (non-hydrogen) atoms. The van der Waals surface area contributed by atoms with E-state index >= 15 is 0 Å². The number of anilines is 1. The highest BCUT2D eigenvalue weighted by atomic mass is 16.4. The van der Waals surface area contributed by atoms with Crippen LogP contribution in [0.15, 0.2) is 12.4 Å². The molecule has 1 saturated heterocycles. The van der Waals surface area contributed by atoms with E-state index in [4.69, 9.17) is 5.11 Å². The molecule has 2 heterocycles. The fourth-order valence-electron chi connectivity index (χ4n) is 1.69. The Morgan fingerprint density at radius 1 is 1.35 bits per heavy atom. The summed E-state index contributed by atoms with van der Waals surface area (Å²) in [5.41, 5.74) is 0.647. The Kier molecular flexibility index (Phi) is 3.55. The summed E-state index contributed by atoms with van der Waals surface area (Å²) < 4.78 is 0. The number of aromatic nitrogens is 2. The molecule has 0 radical (unpaired) electrons. The van der Waals surface area contributed by atoms with Crippen LogP contribution in [0.3, 0.4) is 0 Å². The van der Waals surface area contributed by atoms with E-state index in [1.54, 1.807) is 12.4 Å². The monoisotopic (exact) mass is 231 g/mol. The van der Waals surface area contributed by atoms with Gasteiger partial charge in [0.25, 0.3) is 0 Å². The van der Waals surface area contributed by atoms with Crippen LogP contribution in [0.4, 0.5) is 5.95 Å². The van der Waals surface area contributed by atoms with Crippen LogP contribution in [0.25, 0.3) is 0 Å².